The molecule has 5 heteroatoms. The molecule has 0 aliphatic rings. The Morgan fingerprint density at radius 3 is 2.53 bits per heavy atom. The predicted molar refractivity (Wildman–Crippen MR) is 70.1 cm³/mol. The van der Waals surface area contributed by atoms with E-state index in [1.807, 2.05) is 0 Å². The second kappa shape index (κ2) is 5.05. The third kappa shape index (κ3) is 2.44. The van der Waals surface area contributed by atoms with Crippen molar-refractivity contribution in [1.29, 1.82) is 0 Å². The van der Waals surface area contributed by atoms with Crippen molar-refractivity contribution in [2.45, 2.75) is 0 Å². The lowest BCUT2D eigenvalue weighted by atomic mass is 10.1. The molecule has 0 saturated heterocycles. The van der Waals surface area contributed by atoms with Crippen molar-refractivity contribution in [2.24, 2.45) is 0 Å². The Labute approximate surface area is 113 Å². The van der Waals surface area contributed by atoms with Gasteiger partial charge in [-0.3, -0.25) is 9.78 Å². The zero-order chi connectivity index (χ0) is 12.4. The average molecular weight is 287 g/mol. The van der Waals surface area contributed by atoms with Crippen LogP contribution in [0, 0.1) is 0 Å². The van der Waals surface area contributed by atoms with Gasteiger partial charge < -0.3 is 0 Å². The summed E-state index contributed by atoms with van der Waals surface area (Å²) in [5, 5.41) is 1.25. The van der Waals surface area contributed by atoms with Crippen molar-refractivity contribution in [3.05, 3.63) is 51.1 Å². The van der Waals surface area contributed by atoms with Crippen molar-refractivity contribution in [1.82, 2.24) is 4.98 Å². The minimum Gasteiger partial charge on any atom is -0.298 e. The van der Waals surface area contributed by atoms with Crippen LogP contribution < -0.4 is 0 Å². The number of nitrogens with zero attached hydrogens (tertiary/aromatic N) is 1. The zero-order valence-electron chi connectivity index (χ0n) is 8.45. The van der Waals surface area contributed by atoms with Crippen LogP contribution in [0.4, 0.5) is 0 Å². The predicted octanol–water partition coefficient (Wildman–Crippen LogP) is 4.52. The Bertz CT molecular complexity index is 584. The van der Waals surface area contributed by atoms with Gasteiger partial charge in [0.15, 0.2) is 6.29 Å². The molecular weight excluding hydrogens is 280 g/mol. The minimum atomic E-state index is 0.284. The van der Waals surface area contributed by atoms with Crippen LogP contribution in [0.25, 0.3) is 11.3 Å². The molecule has 0 N–H and O–H groups in total. The molecule has 0 spiro atoms. The number of pyridine rings is 1. The Hall–Kier alpha value is -1.09. The summed E-state index contributed by atoms with van der Waals surface area (Å²) in [6, 6.07) is 6.55. The second-order valence-corrected chi connectivity index (χ2v) is 4.53. The number of carbonyl (C=O) groups excluding carboxylic acids is 1. The van der Waals surface area contributed by atoms with Crippen molar-refractivity contribution >= 4 is 41.1 Å². The van der Waals surface area contributed by atoms with Crippen LogP contribution in [0.15, 0.2) is 30.5 Å². The van der Waals surface area contributed by atoms with Gasteiger partial charge in [-0.1, -0.05) is 34.8 Å². The Balaban J connectivity index is 2.64. The second-order valence-electron chi connectivity index (χ2n) is 3.30. The molecule has 0 radical (unpaired) electrons. The summed E-state index contributed by atoms with van der Waals surface area (Å²) in [4.78, 5) is 14.9. The molecule has 0 bridgehead atoms. The van der Waals surface area contributed by atoms with Gasteiger partial charge in [-0.05, 0) is 24.3 Å². The molecule has 0 atom stereocenters. The molecule has 2 rings (SSSR count). The van der Waals surface area contributed by atoms with Crippen LogP contribution in [-0.4, -0.2) is 11.3 Å². The number of rotatable bonds is 2. The minimum absolute atomic E-state index is 0.284. The van der Waals surface area contributed by atoms with Crippen molar-refractivity contribution in [2.75, 3.05) is 0 Å². The van der Waals surface area contributed by atoms with E-state index in [0.717, 1.165) is 0 Å². The fourth-order valence-corrected chi connectivity index (χ4v) is 2.18. The highest BCUT2D eigenvalue weighted by atomic mass is 35.5. The van der Waals surface area contributed by atoms with E-state index >= 15 is 0 Å². The SMILES string of the molecule is O=Cc1ccnc(-c2ccc(Cl)cc2Cl)c1Cl. The number of aromatic nitrogens is 1. The number of halogens is 3. The van der Waals surface area contributed by atoms with E-state index in [4.69, 9.17) is 34.8 Å². The third-order valence-electron chi connectivity index (χ3n) is 2.23. The van der Waals surface area contributed by atoms with Gasteiger partial charge in [-0.15, -0.1) is 0 Å². The summed E-state index contributed by atoms with van der Waals surface area (Å²) in [7, 11) is 0. The summed E-state index contributed by atoms with van der Waals surface area (Å²) >= 11 is 17.9. The number of hydrogen-bond acceptors (Lipinski definition) is 2. The molecule has 0 amide bonds. The van der Waals surface area contributed by atoms with E-state index in [-0.39, 0.29) is 5.02 Å². The molecule has 1 heterocycles. The first-order valence-corrected chi connectivity index (χ1v) is 5.82. The maximum absolute atomic E-state index is 10.8. The van der Waals surface area contributed by atoms with E-state index in [1.165, 1.54) is 6.20 Å². The van der Waals surface area contributed by atoms with Gasteiger partial charge in [0.2, 0.25) is 0 Å². The molecule has 0 saturated carbocycles. The fraction of sp³-hybridized carbons (Fsp3) is 0. The first kappa shape index (κ1) is 12.4. The standard InChI is InChI=1S/C12H6Cl3NO/c13-8-1-2-9(10(14)5-8)12-11(15)7(6-17)3-4-16-12/h1-6H. The van der Waals surface area contributed by atoms with E-state index in [0.29, 0.717) is 33.2 Å². The summed E-state index contributed by atoms with van der Waals surface area (Å²) in [5.41, 5.74) is 1.49. The molecule has 0 aliphatic heterocycles. The van der Waals surface area contributed by atoms with E-state index in [9.17, 15) is 4.79 Å². The first-order valence-electron chi connectivity index (χ1n) is 4.68. The van der Waals surface area contributed by atoms with Gasteiger partial charge in [0, 0.05) is 22.3 Å². The lowest BCUT2D eigenvalue weighted by molar-refractivity contribution is 0.112. The van der Waals surface area contributed by atoms with E-state index in [1.54, 1.807) is 24.3 Å². The number of aldehydes is 1. The number of benzene rings is 1. The van der Waals surface area contributed by atoms with Crippen molar-refractivity contribution in [3.63, 3.8) is 0 Å². The van der Waals surface area contributed by atoms with Gasteiger partial charge in [0.05, 0.1) is 15.7 Å². The fourth-order valence-electron chi connectivity index (χ4n) is 1.42. The van der Waals surface area contributed by atoms with Gasteiger partial charge >= 0.3 is 0 Å². The number of carbonyl (C=O) groups is 1. The van der Waals surface area contributed by atoms with Crippen LogP contribution in [0.5, 0.6) is 0 Å². The molecule has 1 aromatic carbocycles. The molecule has 17 heavy (non-hydrogen) atoms. The number of hydrogen-bond donors (Lipinski definition) is 0. The Morgan fingerprint density at radius 1 is 1.12 bits per heavy atom. The average Bonchev–Trinajstić information content (AvgIpc) is 2.30. The highest BCUT2D eigenvalue weighted by molar-refractivity contribution is 6.38. The highest BCUT2D eigenvalue weighted by Crippen LogP contribution is 2.34. The maximum Gasteiger partial charge on any atom is 0.151 e. The summed E-state index contributed by atoms with van der Waals surface area (Å²) in [6.07, 6.45) is 2.19. The summed E-state index contributed by atoms with van der Waals surface area (Å²) < 4.78 is 0. The largest absolute Gasteiger partial charge is 0.298 e. The molecule has 2 aromatic rings. The molecule has 1 aromatic heterocycles. The van der Waals surface area contributed by atoms with E-state index < -0.39 is 0 Å². The van der Waals surface area contributed by atoms with Crippen molar-refractivity contribution in [3.8, 4) is 11.3 Å². The van der Waals surface area contributed by atoms with Crippen LogP contribution >= 0.6 is 34.8 Å². The Morgan fingerprint density at radius 2 is 1.88 bits per heavy atom. The van der Waals surface area contributed by atoms with Gasteiger partial charge in [-0.2, -0.15) is 0 Å². The lowest BCUT2D eigenvalue weighted by Crippen LogP contribution is -1.91. The topological polar surface area (TPSA) is 30.0 Å². The summed E-state index contributed by atoms with van der Waals surface area (Å²) in [6.45, 7) is 0. The molecule has 0 aliphatic carbocycles. The van der Waals surface area contributed by atoms with Gasteiger partial charge in [0.1, 0.15) is 0 Å². The highest BCUT2D eigenvalue weighted by Gasteiger charge is 2.12. The zero-order valence-corrected chi connectivity index (χ0v) is 10.7. The van der Waals surface area contributed by atoms with Crippen LogP contribution in [0.2, 0.25) is 15.1 Å². The van der Waals surface area contributed by atoms with Crippen LogP contribution in [0.1, 0.15) is 10.4 Å². The molecule has 86 valence electrons. The van der Waals surface area contributed by atoms with E-state index in [2.05, 4.69) is 4.98 Å². The lowest BCUT2D eigenvalue weighted by Gasteiger charge is -2.07. The molecule has 2 nitrogen and oxygen atoms in total. The van der Waals surface area contributed by atoms with Crippen LogP contribution in [-0.2, 0) is 0 Å². The molecule has 0 unspecified atom stereocenters. The monoisotopic (exact) mass is 285 g/mol. The van der Waals surface area contributed by atoms with Crippen LogP contribution in [0.3, 0.4) is 0 Å². The Kier molecular flexibility index (Phi) is 3.67. The quantitative estimate of drug-likeness (QED) is 0.760. The normalized spacial score (nSPS) is 10.3. The maximum atomic E-state index is 10.8. The van der Waals surface area contributed by atoms with Gasteiger partial charge in [-0.25, -0.2) is 0 Å². The molecule has 0 fully saturated rings. The van der Waals surface area contributed by atoms with Gasteiger partial charge in [0.25, 0.3) is 0 Å². The summed E-state index contributed by atoms with van der Waals surface area (Å²) in [5.74, 6) is 0. The van der Waals surface area contributed by atoms with Crippen molar-refractivity contribution < 1.29 is 4.79 Å². The molecular formula is C12H6Cl3NO. The third-order valence-corrected chi connectivity index (χ3v) is 3.18. The smallest absolute Gasteiger partial charge is 0.151 e. The first-order chi connectivity index (χ1) is 8.13.